The van der Waals surface area contributed by atoms with Crippen molar-refractivity contribution in [1.82, 2.24) is 5.43 Å². The third-order valence-corrected chi connectivity index (χ3v) is 2.52. The van der Waals surface area contributed by atoms with Crippen molar-refractivity contribution in [1.29, 1.82) is 0 Å². The van der Waals surface area contributed by atoms with E-state index >= 15 is 0 Å². The molecule has 0 atom stereocenters. The Bertz CT molecular complexity index is 504. The van der Waals surface area contributed by atoms with Gasteiger partial charge in [-0.05, 0) is 43.5 Å². The standard InChI is InChI=1S/C15H21N3O2/c1-10(2)9-11(3)17-18-15(20)13-5-7-14(8-6-13)16-12(4)19/h5-8,10H,9H2,1-4H3,(H,16,19)(H,18,20). The van der Waals surface area contributed by atoms with E-state index in [1.54, 1.807) is 24.3 Å². The first-order valence-corrected chi connectivity index (χ1v) is 6.59. The van der Waals surface area contributed by atoms with Gasteiger partial charge in [0.2, 0.25) is 5.91 Å². The molecule has 1 aromatic carbocycles. The fraction of sp³-hybridized carbons (Fsp3) is 0.400. The molecule has 1 rings (SSSR count). The van der Waals surface area contributed by atoms with E-state index in [1.165, 1.54) is 6.92 Å². The van der Waals surface area contributed by atoms with Gasteiger partial charge >= 0.3 is 0 Å². The van der Waals surface area contributed by atoms with Crippen LogP contribution in [0.15, 0.2) is 29.4 Å². The number of nitrogens with one attached hydrogen (secondary N) is 2. The first kappa shape index (κ1) is 15.9. The molecule has 0 aliphatic heterocycles. The van der Waals surface area contributed by atoms with Crippen molar-refractivity contribution in [2.45, 2.75) is 34.1 Å². The van der Waals surface area contributed by atoms with Gasteiger partial charge in [0, 0.05) is 23.9 Å². The van der Waals surface area contributed by atoms with Crippen molar-refractivity contribution in [3.05, 3.63) is 29.8 Å². The molecule has 0 heterocycles. The number of carbonyl (C=O) groups excluding carboxylic acids is 2. The van der Waals surface area contributed by atoms with Crippen molar-refractivity contribution in [2.24, 2.45) is 11.0 Å². The molecule has 5 heteroatoms. The molecule has 0 unspecified atom stereocenters. The van der Waals surface area contributed by atoms with Gasteiger partial charge in [-0.2, -0.15) is 5.10 Å². The van der Waals surface area contributed by atoms with Crippen molar-refractivity contribution >= 4 is 23.2 Å². The minimum Gasteiger partial charge on any atom is -0.326 e. The highest BCUT2D eigenvalue weighted by Gasteiger charge is 2.05. The molecule has 0 aromatic heterocycles. The predicted molar refractivity (Wildman–Crippen MR) is 80.8 cm³/mol. The van der Waals surface area contributed by atoms with Crippen LogP contribution in [0.2, 0.25) is 0 Å². The predicted octanol–water partition coefficient (Wildman–Crippen LogP) is 2.80. The van der Waals surface area contributed by atoms with Gasteiger partial charge in [-0.25, -0.2) is 5.43 Å². The molecule has 0 saturated heterocycles. The van der Waals surface area contributed by atoms with E-state index in [-0.39, 0.29) is 11.8 Å². The number of hydrogen-bond acceptors (Lipinski definition) is 3. The number of rotatable bonds is 5. The van der Waals surface area contributed by atoms with Gasteiger partial charge in [-0.3, -0.25) is 9.59 Å². The van der Waals surface area contributed by atoms with E-state index in [4.69, 9.17) is 0 Å². The van der Waals surface area contributed by atoms with Gasteiger partial charge < -0.3 is 5.32 Å². The van der Waals surface area contributed by atoms with Crippen LogP contribution in [-0.2, 0) is 4.79 Å². The molecule has 0 aliphatic carbocycles. The Morgan fingerprint density at radius 3 is 2.25 bits per heavy atom. The molecule has 5 nitrogen and oxygen atoms in total. The van der Waals surface area contributed by atoms with E-state index in [0.29, 0.717) is 17.2 Å². The normalized spacial score (nSPS) is 11.3. The zero-order chi connectivity index (χ0) is 15.1. The van der Waals surface area contributed by atoms with Crippen LogP contribution in [0.25, 0.3) is 0 Å². The number of nitrogens with zero attached hydrogens (tertiary/aromatic N) is 1. The Morgan fingerprint density at radius 2 is 1.75 bits per heavy atom. The lowest BCUT2D eigenvalue weighted by Gasteiger charge is -2.06. The molecule has 2 N–H and O–H groups in total. The second-order valence-electron chi connectivity index (χ2n) is 5.14. The van der Waals surface area contributed by atoms with Crippen molar-refractivity contribution in [3.63, 3.8) is 0 Å². The summed E-state index contributed by atoms with van der Waals surface area (Å²) in [6.45, 7) is 7.52. The molecule has 0 saturated carbocycles. The number of hydrazone groups is 1. The van der Waals surface area contributed by atoms with Crippen LogP contribution < -0.4 is 10.7 Å². The summed E-state index contributed by atoms with van der Waals surface area (Å²) in [4.78, 5) is 22.8. The molecule has 20 heavy (non-hydrogen) atoms. The number of hydrogen-bond donors (Lipinski definition) is 2. The Hall–Kier alpha value is -2.17. The molecular weight excluding hydrogens is 254 g/mol. The quantitative estimate of drug-likeness (QED) is 0.640. The summed E-state index contributed by atoms with van der Waals surface area (Å²) in [5.41, 5.74) is 4.58. The molecule has 0 bridgehead atoms. The monoisotopic (exact) mass is 275 g/mol. The Kier molecular flexibility index (Phi) is 5.90. The molecule has 0 radical (unpaired) electrons. The van der Waals surface area contributed by atoms with Gasteiger partial charge in [0.05, 0.1) is 0 Å². The molecule has 1 aromatic rings. The van der Waals surface area contributed by atoms with Crippen LogP contribution in [-0.4, -0.2) is 17.5 Å². The molecule has 0 spiro atoms. The maximum Gasteiger partial charge on any atom is 0.271 e. The molecular formula is C15H21N3O2. The fourth-order valence-corrected chi connectivity index (χ4v) is 1.76. The second-order valence-corrected chi connectivity index (χ2v) is 5.14. The van der Waals surface area contributed by atoms with E-state index in [1.807, 2.05) is 6.92 Å². The van der Waals surface area contributed by atoms with E-state index in [0.717, 1.165) is 12.1 Å². The summed E-state index contributed by atoms with van der Waals surface area (Å²) in [5.74, 6) is 0.103. The summed E-state index contributed by atoms with van der Waals surface area (Å²) >= 11 is 0. The Labute approximate surface area is 119 Å². The second kappa shape index (κ2) is 7.43. The van der Waals surface area contributed by atoms with Crippen LogP contribution in [0.1, 0.15) is 44.5 Å². The fourth-order valence-electron chi connectivity index (χ4n) is 1.76. The summed E-state index contributed by atoms with van der Waals surface area (Å²) in [5, 5.41) is 6.70. The van der Waals surface area contributed by atoms with Crippen LogP contribution in [0.3, 0.4) is 0 Å². The van der Waals surface area contributed by atoms with Crippen LogP contribution in [0.5, 0.6) is 0 Å². The minimum absolute atomic E-state index is 0.142. The topological polar surface area (TPSA) is 70.6 Å². The maximum absolute atomic E-state index is 11.9. The van der Waals surface area contributed by atoms with Gasteiger partial charge in [0.25, 0.3) is 5.91 Å². The average molecular weight is 275 g/mol. The van der Waals surface area contributed by atoms with Crippen molar-refractivity contribution < 1.29 is 9.59 Å². The largest absolute Gasteiger partial charge is 0.326 e. The zero-order valence-electron chi connectivity index (χ0n) is 12.4. The van der Waals surface area contributed by atoms with Crippen LogP contribution in [0.4, 0.5) is 5.69 Å². The summed E-state index contributed by atoms with van der Waals surface area (Å²) in [7, 11) is 0. The first-order chi connectivity index (χ1) is 9.38. The van der Waals surface area contributed by atoms with E-state index in [2.05, 4.69) is 29.7 Å². The van der Waals surface area contributed by atoms with Crippen LogP contribution in [0, 0.1) is 5.92 Å². The van der Waals surface area contributed by atoms with E-state index in [9.17, 15) is 9.59 Å². The van der Waals surface area contributed by atoms with Crippen molar-refractivity contribution in [2.75, 3.05) is 5.32 Å². The molecule has 0 fully saturated rings. The smallest absolute Gasteiger partial charge is 0.271 e. The zero-order valence-corrected chi connectivity index (χ0v) is 12.4. The Morgan fingerprint density at radius 1 is 1.15 bits per heavy atom. The van der Waals surface area contributed by atoms with Gasteiger partial charge in [0.1, 0.15) is 0 Å². The lowest BCUT2D eigenvalue weighted by molar-refractivity contribution is -0.114. The highest BCUT2D eigenvalue weighted by molar-refractivity contribution is 5.96. The van der Waals surface area contributed by atoms with Gasteiger partial charge in [-0.15, -0.1) is 0 Å². The highest BCUT2D eigenvalue weighted by atomic mass is 16.2. The molecule has 2 amide bonds. The van der Waals surface area contributed by atoms with Crippen LogP contribution >= 0.6 is 0 Å². The van der Waals surface area contributed by atoms with Crippen molar-refractivity contribution in [3.8, 4) is 0 Å². The minimum atomic E-state index is -0.262. The summed E-state index contributed by atoms with van der Waals surface area (Å²) in [6, 6.07) is 6.66. The number of benzene rings is 1. The maximum atomic E-state index is 11.9. The highest BCUT2D eigenvalue weighted by Crippen LogP contribution is 2.09. The Balaban J connectivity index is 2.62. The number of anilines is 1. The van der Waals surface area contributed by atoms with E-state index < -0.39 is 0 Å². The van der Waals surface area contributed by atoms with Gasteiger partial charge in [-0.1, -0.05) is 13.8 Å². The summed E-state index contributed by atoms with van der Waals surface area (Å²) in [6.07, 6.45) is 0.849. The lowest BCUT2D eigenvalue weighted by Crippen LogP contribution is -2.19. The number of carbonyl (C=O) groups is 2. The van der Waals surface area contributed by atoms with Gasteiger partial charge in [0.15, 0.2) is 0 Å². The SMILES string of the molecule is CC(=O)Nc1ccc(C(=O)NN=C(C)CC(C)C)cc1. The third-order valence-electron chi connectivity index (χ3n) is 2.52. The first-order valence-electron chi connectivity index (χ1n) is 6.59. The number of amides is 2. The average Bonchev–Trinajstić information content (AvgIpc) is 2.35. The molecule has 108 valence electrons. The third kappa shape index (κ3) is 5.65. The molecule has 0 aliphatic rings. The summed E-state index contributed by atoms with van der Waals surface area (Å²) < 4.78 is 0. The lowest BCUT2D eigenvalue weighted by atomic mass is 10.1.